The van der Waals surface area contributed by atoms with Crippen LogP contribution in [0.2, 0.25) is 10.3 Å². The van der Waals surface area contributed by atoms with E-state index in [1.807, 2.05) is 6.92 Å². The van der Waals surface area contributed by atoms with E-state index in [9.17, 15) is 4.39 Å². The molecule has 1 atom stereocenters. The third-order valence-electron chi connectivity index (χ3n) is 1.68. The van der Waals surface area contributed by atoms with Gasteiger partial charge in [0, 0.05) is 5.33 Å². The van der Waals surface area contributed by atoms with Gasteiger partial charge in [-0.05, 0) is 17.5 Å². The number of rotatable bonds is 2. The fourth-order valence-corrected chi connectivity index (χ4v) is 1.74. The number of pyridine rings is 1. The molecule has 0 aliphatic carbocycles. The van der Waals surface area contributed by atoms with Crippen LogP contribution in [0.3, 0.4) is 0 Å². The van der Waals surface area contributed by atoms with Crippen LogP contribution in [-0.4, -0.2) is 10.3 Å². The average Bonchev–Trinajstić information content (AvgIpc) is 2.10. The first kappa shape index (κ1) is 11.2. The lowest BCUT2D eigenvalue weighted by Crippen LogP contribution is -1.99. The molecule has 0 bridgehead atoms. The highest BCUT2D eigenvalue weighted by atomic mass is 79.9. The van der Waals surface area contributed by atoms with Crippen molar-refractivity contribution in [1.82, 2.24) is 4.98 Å². The van der Waals surface area contributed by atoms with E-state index < -0.39 is 5.82 Å². The predicted octanol–water partition coefficient (Wildman–Crippen LogP) is 4.03. The quantitative estimate of drug-likeness (QED) is 0.591. The lowest BCUT2D eigenvalue weighted by molar-refractivity contribution is 0.617. The van der Waals surface area contributed by atoms with E-state index in [4.69, 9.17) is 23.2 Å². The maximum absolute atomic E-state index is 13.0. The summed E-state index contributed by atoms with van der Waals surface area (Å²) in [5, 5.41) is 0.782. The van der Waals surface area contributed by atoms with Gasteiger partial charge < -0.3 is 0 Å². The zero-order valence-corrected chi connectivity index (χ0v) is 9.92. The number of hydrogen-bond acceptors (Lipinski definition) is 1. The molecule has 1 aromatic heterocycles. The number of halogens is 4. The maximum Gasteiger partial charge on any atom is 0.166 e. The molecule has 0 fully saturated rings. The zero-order valence-electron chi connectivity index (χ0n) is 6.82. The third-order valence-corrected chi connectivity index (χ3v) is 3.22. The minimum Gasteiger partial charge on any atom is -0.221 e. The summed E-state index contributed by atoms with van der Waals surface area (Å²) in [4.78, 5) is 3.68. The van der Waals surface area contributed by atoms with Gasteiger partial charge in [-0.2, -0.15) is 0 Å². The molecule has 1 rings (SSSR count). The second-order valence-electron chi connectivity index (χ2n) is 2.70. The molecule has 1 heterocycles. The second-order valence-corrected chi connectivity index (χ2v) is 4.06. The van der Waals surface area contributed by atoms with Crippen LogP contribution in [0.15, 0.2) is 6.07 Å². The van der Waals surface area contributed by atoms with E-state index >= 15 is 0 Å². The van der Waals surface area contributed by atoms with Crippen LogP contribution in [0.4, 0.5) is 4.39 Å². The Morgan fingerprint density at radius 1 is 1.54 bits per heavy atom. The Morgan fingerprint density at radius 2 is 2.15 bits per heavy atom. The van der Waals surface area contributed by atoms with Crippen molar-refractivity contribution in [3.8, 4) is 0 Å². The molecule has 0 aromatic carbocycles. The van der Waals surface area contributed by atoms with E-state index in [1.54, 1.807) is 0 Å². The van der Waals surface area contributed by atoms with Gasteiger partial charge in [0.2, 0.25) is 0 Å². The summed E-state index contributed by atoms with van der Waals surface area (Å²) in [6.45, 7) is 1.92. The van der Waals surface area contributed by atoms with Gasteiger partial charge in [-0.25, -0.2) is 9.37 Å². The molecule has 1 aromatic rings. The van der Waals surface area contributed by atoms with Crippen LogP contribution >= 0.6 is 39.1 Å². The summed E-state index contributed by atoms with van der Waals surface area (Å²) in [6.07, 6.45) is 0. The molecule has 0 aliphatic heterocycles. The lowest BCUT2D eigenvalue weighted by Gasteiger charge is -2.09. The molecule has 1 nitrogen and oxygen atoms in total. The van der Waals surface area contributed by atoms with Crippen molar-refractivity contribution in [3.63, 3.8) is 0 Å². The number of alkyl halides is 1. The van der Waals surface area contributed by atoms with E-state index in [2.05, 4.69) is 20.9 Å². The molecule has 1 unspecified atom stereocenters. The maximum atomic E-state index is 13.0. The molecular weight excluding hydrogens is 280 g/mol. The van der Waals surface area contributed by atoms with Gasteiger partial charge in [0.25, 0.3) is 0 Å². The van der Waals surface area contributed by atoms with Crippen LogP contribution in [0.1, 0.15) is 18.4 Å². The molecule has 0 saturated heterocycles. The molecule has 5 heteroatoms. The Kier molecular flexibility index (Phi) is 3.95. The summed E-state index contributed by atoms with van der Waals surface area (Å²) in [7, 11) is 0. The SMILES string of the molecule is CC(CBr)c1cc(F)c(Cl)nc1Cl. The number of nitrogens with zero attached hydrogens (tertiary/aromatic N) is 1. The highest BCUT2D eigenvalue weighted by Crippen LogP contribution is 2.27. The van der Waals surface area contributed by atoms with Crippen LogP contribution in [0.25, 0.3) is 0 Å². The first-order chi connectivity index (χ1) is 6.06. The van der Waals surface area contributed by atoms with Crippen molar-refractivity contribution in [1.29, 1.82) is 0 Å². The van der Waals surface area contributed by atoms with Crippen LogP contribution < -0.4 is 0 Å². The topological polar surface area (TPSA) is 12.9 Å². The largest absolute Gasteiger partial charge is 0.221 e. The normalized spacial score (nSPS) is 13.0. The summed E-state index contributed by atoms with van der Waals surface area (Å²) >= 11 is 14.5. The highest BCUT2D eigenvalue weighted by Gasteiger charge is 2.13. The Morgan fingerprint density at radius 3 is 2.69 bits per heavy atom. The molecule has 72 valence electrons. The van der Waals surface area contributed by atoms with E-state index in [-0.39, 0.29) is 16.2 Å². The van der Waals surface area contributed by atoms with Gasteiger partial charge in [-0.1, -0.05) is 46.1 Å². The minimum atomic E-state index is -0.533. The Bertz CT molecular complexity index is 319. The highest BCUT2D eigenvalue weighted by molar-refractivity contribution is 9.09. The first-order valence-corrected chi connectivity index (χ1v) is 5.51. The van der Waals surface area contributed by atoms with Crippen molar-refractivity contribution in [2.45, 2.75) is 12.8 Å². The summed E-state index contributed by atoms with van der Waals surface area (Å²) in [6, 6.07) is 1.32. The van der Waals surface area contributed by atoms with Crippen LogP contribution in [0, 0.1) is 5.82 Å². The van der Waals surface area contributed by atoms with E-state index in [0.29, 0.717) is 10.9 Å². The van der Waals surface area contributed by atoms with Crippen molar-refractivity contribution in [2.75, 3.05) is 5.33 Å². The molecule has 0 spiro atoms. The van der Waals surface area contributed by atoms with E-state index in [0.717, 1.165) is 0 Å². The predicted molar refractivity (Wildman–Crippen MR) is 56.4 cm³/mol. The van der Waals surface area contributed by atoms with Crippen molar-refractivity contribution in [2.24, 2.45) is 0 Å². The molecule has 0 amide bonds. The summed E-state index contributed by atoms with van der Waals surface area (Å²) in [5.74, 6) is -0.416. The number of hydrogen-bond donors (Lipinski definition) is 0. The molecule has 0 saturated carbocycles. The Labute approximate surface area is 94.4 Å². The monoisotopic (exact) mass is 285 g/mol. The van der Waals surface area contributed by atoms with Gasteiger partial charge in [0.15, 0.2) is 11.0 Å². The minimum absolute atomic E-state index is 0.117. The van der Waals surface area contributed by atoms with Gasteiger partial charge in [0.05, 0.1) is 0 Å². The molecule has 13 heavy (non-hydrogen) atoms. The first-order valence-electron chi connectivity index (χ1n) is 3.63. The molecular formula is C8H7BrCl2FN. The van der Waals surface area contributed by atoms with Crippen molar-refractivity contribution < 1.29 is 4.39 Å². The fourth-order valence-electron chi connectivity index (χ4n) is 0.888. The van der Waals surface area contributed by atoms with Crippen LogP contribution in [0.5, 0.6) is 0 Å². The second kappa shape index (κ2) is 4.58. The Hall–Kier alpha value is 0.140. The van der Waals surface area contributed by atoms with Gasteiger partial charge in [-0.3, -0.25) is 0 Å². The standard InChI is InChI=1S/C8H7BrCl2FN/c1-4(3-9)5-2-6(12)8(11)13-7(5)10/h2,4H,3H2,1H3. The lowest BCUT2D eigenvalue weighted by atomic mass is 10.1. The molecule has 0 N–H and O–H groups in total. The zero-order chi connectivity index (χ0) is 10.0. The van der Waals surface area contributed by atoms with Crippen LogP contribution in [-0.2, 0) is 0 Å². The number of aromatic nitrogens is 1. The smallest absolute Gasteiger partial charge is 0.166 e. The Balaban J connectivity index is 3.15. The third kappa shape index (κ3) is 2.55. The summed E-state index contributed by atoms with van der Waals surface area (Å²) < 4.78 is 13.0. The fraction of sp³-hybridized carbons (Fsp3) is 0.375. The van der Waals surface area contributed by atoms with Gasteiger partial charge >= 0.3 is 0 Å². The van der Waals surface area contributed by atoms with Gasteiger partial charge in [-0.15, -0.1) is 0 Å². The summed E-state index contributed by atoms with van der Waals surface area (Å²) in [5.41, 5.74) is 0.667. The molecule has 0 aliphatic rings. The average molecular weight is 287 g/mol. The van der Waals surface area contributed by atoms with Crippen molar-refractivity contribution in [3.05, 3.63) is 27.8 Å². The van der Waals surface area contributed by atoms with Crippen molar-refractivity contribution >= 4 is 39.1 Å². The van der Waals surface area contributed by atoms with Gasteiger partial charge in [0.1, 0.15) is 5.15 Å². The molecule has 0 radical (unpaired) electrons. The van der Waals surface area contributed by atoms with E-state index in [1.165, 1.54) is 6.07 Å².